The van der Waals surface area contributed by atoms with Gasteiger partial charge in [0.05, 0.1) is 24.5 Å². The number of benzene rings is 2. The lowest BCUT2D eigenvalue weighted by Gasteiger charge is -2.13. The van der Waals surface area contributed by atoms with Crippen LogP contribution in [-0.4, -0.2) is 54.2 Å². The predicted octanol–water partition coefficient (Wildman–Crippen LogP) is 5.39. The van der Waals surface area contributed by atoms with Gasteiger partial charge in [0.25, 0.3) is 0 Å². The molecule has 0 aliphatic carbocycles. The number of aromatic nitrogens is 3. The van der Waals surface area contributed by atoms with Crippen LogP contribution >= 0.6 is 0 Å². The first-order valence-corrected chi connectivity index (χ1v) is 10.9. The maximum atomic E-state index is 5.88. The van der Waals surface area contributed by atoms with Crippen LogP contribution in [0.15, 0.2) is 73.2 Å². The van der Waals surface area contributed by atoms with Gasteiger partial charge in [-0.1, -0.05) is 12.1 Å². The number of hydrogen-bond acceptors (Lipinski definition) is 5. The fraction of sp³-hybridized carbons (Fsp3) is 0.185. The number of pyridine rings is 2. The third-order valence-electron chi connectivity index (χ3n) is 5.74. The Morgan fingerprint density at radius 1 is 0.939 bits per heavy atom. The summed E-state index contributed by atoms with van der Waals surface area (Å²) in [7, 11) is 5.78. The van der Waals surface area contributed by atoms with Crippen molar-refractivity contribution < 1.29 is 9.47 Å². The van der Waals surface area contributed by atoms with Crippen molar-refractivity contribution >= 4 is 21.8 Å². The van der Waals surface area contributed by atoms with Crippen LogP contribution in [0.2, 0.25) is 0 Å². The molecule has 0 fully saturated rings. The summed E-state index contributed by atoms with van der Waals surface area (Å²) in [6.07, 6.45) is 5.49. The summed E-state index contributed by atoms with van der Waals surface area (Å²) in [6, 6.07) is 18.3. The molecular weight excluding hydrogens is 412 g/mol. The molecule has 0 atom stereocenters. The molecule has 6 nitrogen and oxygen atoms in total. The van der Waals surface area contributed by atoms with Crippen molar-refractivity contribution in [3.63, 3.8) is 0 Å². The van der Waals surface area contributed by atoms with Crippen molar-refractivity contribution in [2.75, 3.05) is 34.4 Å². The Hall–Kier alpha value is -3.90. The lowest BCUT2D eigenvalue weighted by Crippen LogP contribution is -2.19. The summed E-state index contributed by atoms with van der Waals surface area (Å²) in [4.78, 5) is 14.5. The Balaban J connectivity index is 1.62. The molecule has 5 aromatic rings. The summed E-state index contributed by atoms with van der Waals surface area (Å²) in [6.45, 7) is 1.52. The average Bonchev–Trinajstić information content (AvgIpc) is 3.22. The number of hydrogen-bond donors (Lipinski definition) is 1. The lowest BCUT2D eigenvalue weighted by molar-refractivity contribution is 0.261. The van der Waals surface area contributed by atoms with Gasteiger partial charge in [-0.25, -0.2) is 0 Å². The number of nitrogens with one attached hydrogen (secondary N) is 1. The van der Waals surface area contributed by atoms with Crippen molar-refractivity contribution in [3.8, 4) is 33.9 Å². The third kappa shape index (κ3) is 4.13. The maximum Gasteiger partial charge on any atom is 0.127 e. The number of likely N-dealkylation sites (N-methyl/N-ethyl adjacent to an activating group) is 1. The van der Waals surface area contributed by atoms with E-state index in [4.69, 9.17) is 9.47 Å². The van der Waals surface area contributed by atoms with Crippen molar-refractivity contribution in [1.82, 2.24) is 19.9 Å². The molecule has 0 saturated heterocycles. The second kappa shape index (κ2) is 8.92. The Morgan fingerprint density at radius 3 is 2.52 bits per heavy atom. The van der Waals surface area contributed by atoms with Gasteiger partial charge in [-0.2, -0.15) is 0 Å². The first-order chi connectivity index (χ1) is 16.1. The Labute approximate surface area is 192 Å². The third-order valence-corrected chi connectivity index (χ3v) is 5.74. The summed E-state index contributed by atoms with van der Waals surface area (Å²) in [5.74, 6) is 1.68. The molecule has 1 N–H and O–H groups in total. The zero-order valence-electron chi connectivity index (χ0n) is 19.0. The molecule has 0 aliphatic heterocycles. The highest BCUT2D eigenvalue weighted by Gasteiger charge is 2.17. The van der Waals surface area contributed by atoms with E-state index in [-0.39, 0.29) is 0 Å². The summed E-state index contributed by atoms with van der Waals surface area (Å²) in [5, 5.41) is 2.21. The van der Waals surface area contributed by atoms with E-state index in [2.05, 4.69) is 44.1 Å². The van der Waals surface area contributed by atoms with Crippen molar-refractivity contribution in [1.29, 1.82) is 0 Å². The molecule has 0 radical (unpaired) electrons. The topological polar surface area (TPSA) is 63.3 Å². The highest BCUT2D eigenvalue weighted by atomic mass is 16.5. The van der Waals surface area contributed by atoms with E-state index < -0.39 is 0 Å². The van der Waals surface area contributed by atoms with Crippen LogP contribution in [0, 0.1) is 0 Å². The number of nitrogens with zero attached hydrogens (tertiary/aromatic N) is 3. The average molecular weight is 439 g/mol. The molecular formula is C27H26N4O2. The quantitative estimate of drug-likeness (QED) is 0.369. The SMILES string of the molecule is COc1ccc2[nH]c3cnc(-c4cccnc4)cc3c2c1-c1ccc(OCCN(C)C)cc1. The minimum absolute atomic E-state index is 0.651. The standard InChI is InChI=1S/C27H26N4O2/c1-31(2)13-14-33-20-8-6-18(7-9-20)26-25(32-3)11-10-22-27(26)21-15-23(29-17-24(21)30-22)19-5-4-12-28-16-19/h4-12,15-17,30H,13-14H2,1-3H3. The number of aromatic amines is 1. The first-order valence-electron chi connectivity index (χ1n) is 10.9. The van der Waals surface area contributed by atoms with Crippen LogP contribution in [0.4, 0.5) is 0 Å². The summed E-state index contributed by atoms with van der Waals surface area (Å²) < 4.78 is 11.7. The fourth-order valence-corrected chi connectivity index (χ4v) is 4.07. The van der Waals surface area contributed by atoms with E-state index in [1.165, 1.54) is 0 Å². The van der Waals surface area contributed by atoms with E-state index in [9.17, 15) is 0 Å². The molecule has 5 rings (SSSR count). The number of methoxy groups -OCH3 is 1. The van der Waals surface area contributed by atoms with Crippen LogP contribution in [0.3, 0.4) is 0 Å². The molecule has 0 aliphatic rings. The molecule has 166 valence electrons. The minimum Gasteiger partial charge on any atom is -0.496 e. The molecule has 3 aromatic heterocycles. The molecule has 6 heteroatoms. The van der Waals surface area contributed by atoms with Gasteiger partial charge in [0.15, 0.2) is 0 Å². The van der Waals surface area contributed by atoms with E-state index in [1.54, 1.807) is 13.3 Å². The molecule has 33 heavy (non-hydrogen) atoms. The van der Waals surface area contributed by atoms with Gasteiger partial charge in [0.1, 0.15) is 18.1 Å². The normalized spacial score (nSPS) is 11.4. The number of ether oxygens (including phenoxy) is 2. The molecule has 0 bridgehead atoms. The second-order valence-electron chi connectivity index (χ2n) is 8.22. The molecule has 2 aromatic carbocycles. The van der Waals surface area contributed by atoms with Crippen LogP contribution in [0.1, 0.15) is 0 Å². The molecule has 3 heterocycles. The minimum atomic E-state index is 0.651. The van der Waals surface area contributed by atoms with Gasteiger partial charge in [0, 0.05) is 46.4 Å². The van der Waals surface area contributed by atoms with Gasteiger partial charge in [-0.3, -0.25) is 9.97 Å². The Bertz CT molecular complexity index is 1390. The highest BCUT2D eigenvalue weighted by Crippen LogP contribution is 2.41. The predicted molar refractivity (Wildman–Crippen MR) is 133 cm³/mol. The van der Waals surface area contributed by atoms with Crippen LogP contribution in [-0.2, 0) is 0 Å². The molecule has 0 unspecified atom stereocenters. The largest absolute Gasteiger partial charge is 0.496 e. The maximum absolute atomic E-state index is 5.88. The first kappa shape index (κ1) is 21.0. The summed E-state index contributed by atoms with van der Waals surface area (Å²) >= 11 is 0. The van der Waals surface area contributed by atoms with Gasteiger partial charge in [0.2, 0.25) is 0 Å². The van der Waals surface area contributed by atoms with Gasteiger partial charge >= 0.3 is 0 Å². The van der Waals surface area contributed by atoms with E-state index in [0.29, 0.717) is 6.61 Å². The fourth-order valence-electron chi connectivity index (χ4n) is 4.07. The van der Waals surface area contributed by atoms with Crippen LogP contribution < -0.4 is 9.47 Å². The molecule has 0 spiro atoms. The van der Waals surface area contributed by atoms with Crippen LogP contribution in [0.25, 0.3) is 44.2 Å². The number of H-pyrrole nitrogens is 1. The van der Waals surface area contributed by atoms with Crippen molar-refractivity contribution in [2.45, 2.75) is 0 Å². The van der Waals surface area contributed by atoms with Gasteiger partial charge < -0.3 is 19.4 Å². The zero-order valence-corrected chi connectivity index (χ0v) is 19.0. The zero-order chi connectivity index (χ0) is 22.8. The molecule has 0 saturated carbocycles. The van der Waals surface area contributed by atoms with Crippen molar-refractivity contribution in [2.24, 2.45) is 0 Å². The van der Waals surface area contributed by atoms with Crippen LogP contribution in [0.5, 0.6) is 11.5 Å². The molecule has 0 amide bonds. The Kier molecular flexibility index (Phi) is 5.67. The monoisotopic (exact) mass is 438 g/mol. The highest BCUT2D eigenvalue weighted by molar-refractivity contribution is 6.16. The van der Waals surface area contributed by atoms with Gasteiger partial charge in [-0.05, 0) is 62.1 Å². The Morgan fingerprint density at radius 2 is 1.79 bits per heavy atom. The van der Waals surface area contributed by atoms with Gasteiger partial charge in [-0.15, -0.1) is 0 Å². The summed E-state index contributed by atoms with van der Waals surface area (Å²) in [5.41, 5.74) is 6.00. The van der Waals surface area contributed by atoms with E-state index in [1.807, 2.05) is 56.8 Å². The van der Waals surface area contributed by atoms with E-state index in [0.717, 1.165) is 62.2 Å². The number of rotatable bonds is 7. The lowest BCUT2D eigenvalue weighted by atomic mass is 9.98. The second-order valence-corrected chi connectivity index (χ2v) is 8.22. The van der Waals surface area contributed by atoms with E-state index >= 15 is 0 Å². The number of fused-ring (bicyclic) bond motifs is 3. The van der Waals surface area contributed by atoms with Crippen molar-refractivity contribution in [3.05, 3.63) is 73.2 Å². The smallest absolute Gasteiger partial charge is 0.127 e.